The smallest absolute Gasteiger partial charge is 0.355 e. The Kier molecular flexibility index (Phi) is 7.04. The van der Waals surface area contributed by atoms with Gasteiger partial charge in [-0.2, -0.15) is 0 Å². The largest absolute Gasteiger partial charge is 0.497 e. The van der Waals surface area contributed by atoms with Gasteiger partial charge in [0, 0.05) is 49.6 Å². The number of carbonyl (C=O) groups excluding carboxylic acids is 1. The SMILES string of the molecule is COc1ccc(N2CCN(c3ncnc(NNC(=O)c4ccc([N+](=O)[O-])cc4)c3[N+](=O)[O-])CC2)cc1. The number of hydrogen-bond donors (Lipinski definition) is 2. The van der Waals surface area contributed by atoms with Crippen LogP contribution in [0.5, 0.6) is 5.75 Å². The predicted octanol–water partition coefficient (Wildman–Crippen LogP) is 2.39. The van der Waals surface area contributed by atoms with Gasteiger partial charge < -0.3 is 14.5 Å². The molecule has 1 amide bonds. The van der Waals surface area contributed by atoms with Gasteiger partial charge in [0.05, 0.1) is 17.0 Å². The summed E-state index contributed by atoms with van der Waals surface area (Å²) in [5, 5.41) is 22.7. The lowest BCUT2D eigenvalue weighted by Crippen LogP contribution is -2.47. The Morgan fingerprint density at radius 3 is 2.14 bits per heavy atom. The summed E-state index contributed by atoms with van der Waals surface area (Å²) in [4.78, 5) is 45.9. The van der Waals surface area contributed by atoms with Crippen molar-refractivity contribution in [3.05, 3.63) is 80.7 Å². The molecule has 4 rings (SSSR count). The highest BCUT2D eigenvalue weighted by Gasteiger charge is 2.29. The van der Waals surface area contributed by atoms with Crippen LogP contribution in [0.1, 0.15) is 10.4 Å². The number of non-ortho nitro benzene ring substituents is 1. The molecule has 1 fully saturated rings. The Labute approximate surface area is 204 Å². The van der Waals surface area contributed by atoms with Crippen LogP contribution in [-0.2, 0) is 0 Å². The second kappa shape index (κ2) is 10.5. The zero-order valence-electron chi connectivity index (χ0n) is 19.2. The monoisotopic (exact) mass is 494 g/mol. The summed E-state index contributed by atoms with van der Waals surface area (Å²) < 4.78 is 5.19. The number of nitrogens with one attached hydrogen (secondary N) is 2. The molecule has 3 aromatic rings. The number of nitro groups is 2. The van der Waals surface area contributed by atoms with Crippen molar-refractivity contribution in [3.8, 4) is 5.75 Å². The number of amides is 1. The summed E-state index contributed by atoms with van der Waals surface area (Å²) in [6.45, 7) is 2.21. The molecule has 0 unspecified atom stereocenters. The minimum Gasteiger partial charge on any atom is -0.497 e. The van der Waals surface area contributed by atoms with E-state index in [0.717, 1.165) is 11.4 Å². The van der Waals surface area contributed by atoms with Gasteiger partial charge in [-0.1, -0.05) is 0 Å². The fourth-order valence-corrected chi connectivity index (χ4v) is 3.75. The van der Waals surface area contributed by atoms with E-state index in [4.69, 9.17) is 4.74 Å². The molecule has 0 atom stereocenters. The topological polar surface area (TPSA) is 169 Å². The van der Waals surface area contributed by atoms with Crippen molar-refractivity contribution in [3.63, 3.8) is 0 Å². The standard InChI is InChI=1S/C22H22N8O6/c1-36-18-8-6-16(7-9-18)27-10-12-28(13-11-27)21-19(30(34)35)20(23-14-24-21)25-26-22(31)15-2-4-17(5-3-15)29(32)33/h2-9,14H,10-13H2,1H3,(H,26,31)(H,23,24,25). The zero-order valence-corrected chi connectivity index (χ0v) is 19.2. The highest BCUT2D eigenvalue weighted by atomic mass is 16.6. The van der Waals surface area contributed by atoms with Crippen molar-refractivity contribution in [1.29, 1.82) is 0 Å². The summed E-state index contributed by atoms with van der Waals surface area (Å²) in [6.07, 6.45) is 1.18. The molecule has 1 saturated heterocycles. The first-order valence-corrected chi connectivity index (χ1v) is 10.8. The number of methoxy groups -OCH3 is 1. The number of aromatic nitrogens is 2. The van der Waals surface area contributed by atoms with Gasteiger partial charge in [0.15, 0.2) is 0 Å². The fourth-order valence-electron chi connectivity index (χ4n) is 3.75. The molecule has 0 bridgehead atoms. The number of hydrazine groups is 1. The Morgan fingerprint density at radius 2 is 1.56 bits per heavy atom. The number of nitro benzene ring substituents is 1. The summed E-state index contributed by atoms with van der Waals surface area (Å²) in [5.41, 5.74) is 5.42. The van der Waals surface area contributed by atoms with Crippen molar-refractivity contribution in [2.75, 3.05) is 48.5 Å². The van der Waals surface area contributed by atoms with Crippen LogP contribution < -0.4 is 25.4 Å². The first-order chi connectivity index (χ1) is 17.4. The molecule has 2 heterocycles. The lowest BCUT2D eigenvalue weighted by molar-refractivity contribution is -0.384. The van der Waals surface area contributed by atoms with Crippen molar-refractivity contribution >= 4 is 34.6 Å². The van der Waals surface area contributed by atoms with Crippen LogP contribution in [0.25, 0.3) is 0 Å². The van der Waals surface area contributed by atoms with Gasteiger partial charge in [0.25, 0.3) is 11.6 Å². The van der Waals surface area contributed by atoms with E-state index in [1.165, 1.54) is 30.6 Å². The number of hydrogen-bond acceptors (Lipinski definition) is 11. The van der Waals surface area contributed by atoms with Crippen molar-refractivity contribution in [2.45, 2.75) is 0 Å². The van der Waals surface area contributed by atoms with E-state index in [1.807, 2.05) is 24.3 Å². The molecule has 0 radical (unpaired) electrons. The first-order valence-electron chi connectivity index (χ1n) is 10.8. The molecule has 2 aromatic carbocycles. The third-order valence-corrected chi connectivity index (χ3v) is 5.64. The van der Waals surface area contributed by atoms with Crippen LogP contribution in [0, 0.1) is 20.2 Å². The number of piperazine rings is 1. The minimum absolute atomic E-state index is 0.125. The maximum atomic E-state index is 12.4. The molecular weight excluding hydrogens is 472 g/mol. The van der Waals surface area contributed by atoms with Crippen LogP contribution in [-0.4, -0.2) is 59.0 Å². The van der Waals surface area contributed by atoms with Gasteiger partial charge in [0.1, 0.15) is 12.1 Å². The maximum Gasteiger partial charge on any atom is 0.355 e. The van der Waals surface area contributed by atoms with Gasteiger partial charge in [-0.3, -0.25) is 35.9 Å². The summed E-state index contributed by atoms with van der Waals surface area (Å²) in [5.74, 6) is 0.0662. The average Bonchev–Trinajstić information content (AvgIpc) is 2.91. The quantitative estimate of drug-likeness (QED) is 0.348. The Balaban J connectivity index is 1.45. The molecule has 0 aliphatic carbocycles. The molecule has 186 valence electrons. The summed E-state index contributed by atoms with van der Waals surface area (Å²) in [6, 6.07) is 12.6. The predicted molar refractivity (Wildman–Crippen MR) is 130 cm³/mol. The van der Waals surface area contributed by atoms with E-state index in [0.29, 0.717) is 26.2 Å². The van der Waals surface area contributed by atoms with Crippen LogP contribution in [0.15, 0.2) is 54.9 Å². The fraction of sp³-hybridized carbons (Fsp3) is 0.227. The molecule has 14 nitrogen and oxygen atoms in total. The Morgan fingerprint density at radius 1 is 0.917 bits per heavy atom. The van der Waals surface area contributed by atoms with Crippen LogP contribution in [0.3, 0.4) is 0 Å². The maximum absolute atomic E-state index is 12.4. The van der Waals surface area contributed by atoms with E-state index in [-0.39, 0.29) is 28.6 Å². The van der Waals surface area contributed by atoms with E-state index in [9.17, 15) is 25.0 Å². The molecule has 0 saturated carbocycles. The normalized spacial score (nSPS) is 13.1. The number of carbonyl (C=O) groups is 1. The van der Waals surface area contributed by atoms with E-state index >= 15 is 0 Å². The highest BCUT2D eigenvalue weighted by molar-refractivity contribution is 5.95. The number of nitrogens with zero attached hydrogens (tertiary/aromatic N) is 6. The molecule has 1 aromatic heterocycles. The van der Waals surface area contributed by atoms with E-state index < -0.39 is 15.8 Å². The van der Waals surface area contributed by atoms with E-state index in [1.54, 1.807) is 12.0 Å². The number of anilines is 3. The van der Waals surface area contributed by atoms with Crippen molar-refractivity contribution in [1.82, 2.24) is 15.4 Å². The van der Waals surface area contributed by atoms with Crippen molar-refractivity contribution in [2.24, 2.45) is 0 Å². The zero-order chi connectivity index (χ0) is 25.7. The van der Waals surface area contributed by atoms with Gasteiger partial charge in [-0.05, 0) is 36.4 Å². The lowest BCUT2D eigenvalue weighted by atomic mass is 10.2. The minimum atomic E-state index is -0.646. The third kappa shape index (κ3) is 5.22. The summed E-state index contributed by atoms with van der Waals surface area (Å²) in [7, 11) is 1.60. The number of ether oxygens (including phenoxy) is 1. The van der Waals surface area contributed by atoms with Crippen molar-refractivity contribution < 1.29 is 19.4 Å². The second-order valence-electron chi connectivity index (χ2n) is 7.71. The molecule has 2 N–H and O–H groups in total. The molecule has 1 aliphatic rings. The van der Waals surface area contributed by atoms with Gasteiger partial charge >= 0.3 is 5.69 Å². The Bertz CT molecular complexity index is 1260. The van der Waals surface area contributed by atoms with Gasteiger partial charge in [0.2, 0.25) is 11.6 Å². The average molecular weight is 494 g/mol. The molecule has 36 heavy (non-hydrogen) atoms. The van der Waals surface area contributed by atoms with Crippen LogP contribution >= 0.6 is 0 Å². The second-order valence-corrected chi connectivity index (χ2v) is 7.71. The van der Waals surface area contributed by atoms with Gasteiger partial charge in [-0.25, -0.2) is 9.97 Å². The van der Waals surface area contributed by atoms with Crippen LogP contribution in [0.2, 0.25) is 0 Å². The van der Waals surface area contributed by atoms with Crippen LogP contribution in [0.4, 0.5) is 28.7 Å². The first kappa shape index (κ1) is 24.1. The van der Waals surface area contributed by atoms with Gasteiger partial charge in [-0.15, -0.1) is 0 Å². The number of rotatable bonds is 8. The Hall–Kier alpha value is -5.01. The molecule has 1 aliphatic heterocycles. The lowest BCUT2D eigenvalue weighted by Gasteiger charge is -2.36. The van der Waals surface area contributed by atoms with E-state index in [2.05, 4.69) is 25.7 Å². The third-order valence-electron chi connectivity index (χ3n) is 5.64. The number of benzene rings is 2. The highest BCUT2D eigenvalue weighted by Crippen LogP contribution is 2.32. The molecule has 0 spiro atoms. The molecular formula is C22H22N8O6. The summed E-state index contributed by atoms with van der Waals surface area (Å²) >= 11 is 0. The molecule has 14 heteroatoms.